The lowest BCUT2D eigenvalue weighted by atomic mass is 10.0. The highest BCUT2D eigenvalue weighted by Gasteiger charge is 2.40. The molecule has 1 amide bonds. The van der Waals surface area contributed by atoms with Crippen LogP contribution in [0.3, 0.4) is 0 Å². The van der Waals surface area contributed by atoms with Crippen LogP contribution in [0.1, 0.15) is 19.3 Å². The van der Waals surface area contributed by atoms with Crippen LogP contribution in [0.2, 0.25) is 5.02 Å². The van der Waals surface area contributed by atoms with Gasteiger partial charge < -0.3 is 9.64 Å². The van der Waals surface area contributed by atoms with Crippen LogP contribution in [0.4, 0.5) is 0 Å². The highest BCUT2D eigenvalue weighted by Crippen LogP contribution is 2.32. The number of amides is 1. The Kier molecular flexibility index (Phi) is 4.77. The van der Waals surface area contributed by atoms with E-state index in [-0.39, 0.29) is 34.3 Å². The molecule has 0 aliphatic carbocycles. The van der Waals surface area contributed by atoms with E-state index < -0.39 is 10.0 Å². The molecule has 0 N–H and O–H groups in total. The summed E-state index contributed by atoms with van der Waals surface area (Å²) >= 11 is 6.08. The summed E-state index contributed by atoms with van der Waals surface area (Å²) in [4.78, 5) is 14.3. The van der Waals surface area contributed by atoms with E-state index in [0.717, 1.165) is 19.3 Å². The molecular weight excluding hydrogens is 352 g/mol. The number of hydrogen-bond acceptors (Lipinski definition) is 4. The number of carbonyl (C=O) groups excluding carboxylic acids is 1. The first-order valence-electron chi connectivity index (χ1n) is 7.95. The molecule has 6 nitrogen and oxygen atoms in total. The van der Waals surface area contributed by atoms with Crippen LogP contribution in [0, 0.1) is 5.92 Å². The lowest BCUT2D eigenvalue weighted by Gasteiger charge is -2.29. The summed E-state index contributed by atoms with van der Waals surface area (Å²) in [6, 6.07) is 4.37. The second-order valence-corrected chi connectivity index (χ2v) is 8.69. The monoisotopic (exact) mass is 372 g/mol. The van der Waals surface area contributed by atoms with Gasteiger partial charge >= 0.3 is 0 Å². The zero-order valence-electron chi connectivity index (χ0n) is 13.7. The van der Waals surface area contributed by atoms with Gasteiger partial charge in [0, 0.05) is 26.2 Å². The van der Waals surface area contributed by atoms with Gasteiger partial charge in [-0.15, -0.1) is 0 Å². The predicted octanol–water partition coefficient (Wildman–Crippen LogP) is 1.98. The SMILES string of the molecule is COc1ccc(S(=O)(=O)N2C[C@H]3CCC[C@@H](C2)N(C)C3=O)cc1Cl. The molecule has 2 atom stereocenters. The van der Waals surface area contributed by atoms with Crippen molar-refractivity contribution in [3.8, 4) is 5.75 Å². The second kappa shape index (κ2) is 6.54. The zero-order chi connectivity index (χ0) is 17.5. The number of benzene rings is 1. The molecule has 24 heavy (non-hydrogen) atoms. The Balaban J connectivity index is 1.95. The van der Waals surface area contributed by atoms with Gasteiger partial charge in [-0.05, 0) is 31.0 Å². The lowest BCUT2D eigenvalue weighted by molar-refractivity contribution is -0.134. The molecule has 2 aliphatic rings. The highest BCUT2D eigenvalue weighted by atomic mass is 35.5. The minimum atomic E-state index is -3.71. The molecule has 2 bridgehead atoms. The van der Waals surface area contributed by atoms with E-state index >= 15 is 0 Å². The topological polar surface area (TPSA) is 66.9 Å². The first-order chi connectivity index (χ1) is 11.3. The molecule has 3 rings (SSSR count). The van der Waals surface area contributed by atoms with Crippen LogP contribution in [-0.4, -0.2) is 56.8 Å². The first kappa shape index (κ1) is 17.5. The van der Waals surface area contributed by atoms with Crippen LogP contribution in [0.25, 0.3) is 0 Å². The maximum atomic E-state index is 13.0. The van der Waals surface area contributed by atoms with E-state index in [1.54, 1.807) is 18.0 Å². The Morgan fingerprint density at radius 2 is 2.00 bits per heavy atom. The third-order valence-electron chi connectivity index (χ3n) is 4.93. The Hall–Kier alpha value is -1.31. The third-order valence-corrected chi connectivity index (χ3v) is 7.06. The summed E-state index contributed by atoms with van der Waals surface area (Å²) in [7, 11) is -0.459. The van der Waals surface area contributed by atoms with Crippen molar-refractivity contribution in [2.24, 2.45) is 5.92 Å². The number of rotatable bonds is 3. The summed E-state index contributed by atoms with van der Waals surface area (Å²) < 4.78 is 32.6. The predicted molar refractivity (Wildman–Crippen MR) is 90.7 cm³/mol. The molecule has 2 saturated heterocycles. The second-order valence-electron chi connectivity index (χ2n) is 6.35. The Morgan fingerprint density at radius 1 is 1.25 bits per heavy atom. The number of nitrogens with zero attached hydrogens (tertiary/aromatic N) is 2. The van der Waals surface area contributed by atoms with Crippen molar-refractivity contribution in [1.82, 2.24) is 9.21 Å². The standard InChI is InChI=1S/C16H21ClN2O4S/c1-18-12-5-3-4-11(16(18)20)9-19(10-12)24(21,22)13-6-7-15(23-2)14(17)8-13/h6-8,11-12H,3-5,9-10H2,1-2H3/t11-,12+/m1/s1. The van der Waals surface area contributed by atoms with Crippen LogP contribution in [0.15, 0.2) is 23.1 Å². The Bertz CT molecular complexity index is 752. The van der Waals surface area contributed by atoms with Crippen molar-refractivity contribution in [2.45, 2.75) is 30.2 Å². The fraction of sp³-hybridized carbons (Fsp3) is 0.562. The molecule has 2 aliphatic heterocycles. The summed E-state index contributed by atoms with van der Waals surface area (Å²) in [5.74, 6) is 0.201. The molecule has 2 heterocycles. The highest BCUT2D eigenvalue weighted by molar-refractivity contribution is 7.89. The molecule has 0 spiro atoms. The lowest BCUT2D eigenvalue weighted by Crippen LogP contribution is -2.42. The maximum Gasteiger partial charge on any atom is 0.243 e. The van der Waals surface area contributed by atoms with Crippen molar-refractivity contribution >= 4 is 27.5 Å². The third kappa shape index (κ3) is 3.00. The number of carbonyl (C=O) groups is 1. The first-order valence-corrected chi connectivity index (χ1v) is 9.76. The minimum Gasteiger partial charge on any atom is -0.495 e. The van der Waals surface area contributed by atoms with Crippen LogP contribution in [-0.2, 0) is 14.8 Å². The smallest absolute Gasteiger partial charge is 0.243 e. The Labute approximate surface area is 147 Å². The number of sulfonamides is 1. The van der Waals surface area contributed by atoms with Gasteiger partial charge in [0.05, 0.1) is 22.9 Å². The number of hydrogen-bond donors (Lipinski definition) is 0. The largest absolute Gasteiger partial charge is 0.495 e. The van der Waals surface area contributed by atoms with Crippen LogP contribution in [0.5, 0.6) is 5.75 Å². The molecule has 8 heteroatoms. The molecule has 0 saturated carbocycles. The molecule has 0 radical (unpaired) electrons. The van der Waals surface area contributed by atoms with E-state index in [1.807, 2.05) is 0 Å². The van der Waals surface area contributed by atoms with E-state index in [1.165, 1.54) is 23.5 Å². The fourth-order valence-corrected chi connectivity index (χ4v) is 5.35. The van der Waals surface area contributed by atoms with Crippen LogP contribution < -0.4 is 4.74 Å². The molecule has 132 valence electrons. The number of likely N-dealkylation sites (N-methyl/N-ethyl adjacent to an activating group) is 1. The molecule has 1 aromatic carbocycles. The van der Waals surface area contributed by atoms with Gasteiger partial charge in [-0.25, -0.2) is 8.42 Å². The van der Waals surface area contributed by atoms with Crippen molar-refractivity contribution in [3.63, 3.8) is 0 Å². The molecule has 2 fully saturated rings. The van der Waals surface area contributed by atoms with Gasteiger partial charge in [-0.2, -0.15) is 4.31 Å². The summed E-state index contributed by atoms with van der Waals surface area (Å²) in [6.07, 6.45) is 2.51. The Morgan fingerprint density at radius 3 is 2.67 bits per heavy atom. The fourth-order valence-electron chi connectivity index (χ4n) is 3.48. The van der Waals surface area contributed by atoms with Gasteiger partial charge in [-0.3, -0.25) is 4.79 Å². The molecular formula is C16H21ClN2O4S. The molecule has 0 aromatic heterocycles. The number of halogens is 1. The quantitative estimate of drug-likeness (QED) is 0.813. The van der Waals surface area contributed by atoms with Gasteiger partial charge in [0.2, 0.25) is 15.9 Å². The average Bonchev–Trinajstić information content (AvgIpc) is 2.72. The average molecular weight is 373 g/mol. The summed E-state index contributed by atoms with van der Waals surface area (Å²) in [5.41, 5.74) is 0. The van der Waals surface area contributed by atoms with Crippen molar-refractivity contribution < 1.29 is 17.9 Å². The van der Waals surface area contributed by atoms with Gasteiger partial charge in [0.25, 0.3) is 0 Å². The number of ether oxygens (including phenoxy) is 1. The molecule has 0 unspecified atom stereocenters. The maximum absolute atomic E-state index is 13.0. The van der Waals surface area contributed by atoms with Crippen molar-refractivity contribution in [3.05, 3.63) is 23.2 Å². The normalized spacial score (nSPS) is 25.5. The molecule has 1 aromatic rings. The van der Waals surface area contributed by atoms with Crippen molar-refractivity contribution in [1.29, 1.82) is 0 Å². The van der Waals surface area contributed by atoms with Gasteiger partial charge in [0.15, 0.2) is 0 Å². The van der Waals surface area contributed by atoms with E-state index in [2.05, 4.69) is 0 Å². The van der Waals surface area contributed by atoms with Crippen LogP contribution >= 0.6 is 11.6 Å². The number of methoxy groups -OCH3 is 1. The van der Waals surface area contributed by atoms with E-state index in [9.17, 15) is 13.2 Å². The minimum absolute atomic E-state index is 0.0444. The van der Waals surface area contributed by atoms with Gasteiger partial charge in [-0.1, -0.05) is 18.0 Å². The van der Waals surface area contributed by atoms with E-state index in [4.69, 9.17) is 16.3 Å². The van der Waals surface area contributed by atoms with Gasteiger partial charge in [0.1, 0.15) is 5.75 Å². The summed E-state index contributed by atoms with van der Waals surface area (Å²) in [6.45, 7) is 0.552. The summed E-state index contributed by atoms with van der Waals surface area (Å²) in [5, 5.41) is 0.252. The zero-order valence-corrected chi connectivity index (χ0v) is 15.3. The number of fused-ring (bicyclic) bond motifs is 3. The van der Waals surface area contributed by atoms with Crippen molar-refractivity contribution in [2.75, 3.05) is 27.2 Å². The van der Waals surface area contributed by atoms with E-state index in [0.29, 0.717) is 12.3 Å².